The highest BCUT2D eigenvalue weighted by atomic mass is 19.1. The predicted molar refractivity (Wildman–Crippen MR) is 63.9 cm³/mol. The molecule has 104 valence electrons. The fourth-order valence-corrected chi connectivity index (χ4v) is 1.56. The first-order valence-corrected chi connectivity index (χ1v) is 5.54. The van der Waals surface area contributed by atoms with Crippen LogP contribution in [0.5, 0.6) is 0 Å². The Hall–Kier alpha value is -2.84. The summed E-state index contributed by atoms with van der Waals surface area (Å²) in [5.41, 5.74) is 0.0345. The van der Waals surface area contributed by atoms with E-state index in [0.717, 1.165) is 16.8 Å². The molecular formula is C11H9FN4O4. The Labute approximate surface area is 111 Å². The van der Waals surface area contributed by atoms with E-state index in [2.05, 4.69) is 10.3 Å². The maximum absolute atomic E-state index is 13.7. The van der Waals surface area contributed by atoms with Gasteiger partial charge in [0.1, 0.15) is 5.69 Å². The van der Waals surface area contributed by atoms with Crippen molar-refractivity contribution in [2.75, 3.05) is 0 Å². The van der Waals surface area contributed by atoms with Crippen LogP contribution < -0.4 is 0 Å². The molecule has 0 aliphatic heterocycles. The molecule has 8 nitrogen and oxygen atoms in total. The molecule has 0 aliphatic rings. The van der Waals surface area contributed by atoms with E-state index in [1.165, 1.54) is 12.3 Å². The zero-order chi connectivity index (χ0) is 14.7. The van der Waals surface area contributed by atoms with Crippen molar-refractivity contribution in [2.24, 2.45) is 0 Å². The molecule has 2 aromatic rings. The number of aryl methyl sites for hydroxylation is 1. The first-order valence-electron chi connectivity index (χ1n) is 5.54. The van der Waals surface area contributed by atoms with E-state index in [-0.39, 0.29) is 24.2 Å². The number of hydrogen-bond donors (Lipinski definition) is 1. The lowest BCUT2D eigenvalue weighted by molar-refractivity contribution is -0.385. The number of nitrogens with zero attached hydrogens (tertiary/aromatic N) is 4. The maximum Gasteiger partial charge on any atom is 0.303 e. The van der Waals surface area contributed by atoms with Crippen LogP contribution in [0.2, 0.25) is 0 Å². The highest BCUT2D eigenvalue weighted by Crippen LogP contribution is 2.19. The fraction of sp³-hybridized carbons (Fsp3) is 0.182. The molecule has 2 rings (SSSR count). The number of carboxylic acids is 1. The molecule has 0 unspecified atom stereocenters. The maximum atomic E-state index is 13.7. The van der Waals surface area contributed by atoms with Crippen molar-refractivity contribution in [3.8, 4) is 5.69 Å². The smallest absolute Gasteiger partial charge is 0.303 e. The van der Waals surface area contributed by atoms with Crippen LogP contribution in [-0.4, -0.2) is 31.0 Å². The Bertz CT molecular complexity index is 670. The average Bonchev–Trinajstić information content (AvgIpc) is 2.84. The van der Waals surface area contributed by atoms with Gasteiger partial charge in [-0.25, -0.2) is 9.07 Å². The van der Waals surface area contributed by atoms with E-state index in [4.69, 9.17) is 5.11 Å². The molecule has 0 spiro atoms. The number of nitro groups is 1. The molecule has 0 fully saturated rings. The van der Waals surface area contributed by atoms with Gasteiger partial charge in [-0.1, -0.05) is 5.21 Å². The van der Waals surface area contributed by atoms with E-state index in [9.17, 15) is 19.3 Å². The minimum absolute atomic E-state index is 0.00433. The molecule has 1 aromatic carbocycles. The van der Waals surface area contributed by atoms with Crippen LogP contribution in [0, 0.1) is 15.9 Å². The second-order valence-corrected chi connectivity index (χ2v) is 3.94. The Kier molecular flexibility index (Phi) is 3.69. The Morgan fingerprint density at radius 1 is 1.50 bits per heavy atom. The summed E-state index contributed by atoms with van der Waals surface area (Å²) in [6.45, 7) is 0. The normalized spacial score (nSPS) is 10.4. The number of carbonyl (C=O) groups is 1. The molecule has 1 N–H and O–H groups in total. The van der Waals surface area contributed by atoms with Crippen LogP contribution in [0.25, 0.3) is 5.69 Å². The molecule has 0 atom stereocenters. The number of rotatable bonds is 5. The fourth-order valence-electron chi connectivity index (χ4n) is 1.56. The minimum atomic E-state index is -0.971. The molecule has 0 amide bonds. The standard InChI is InChI=1S/C11H9FN4O4/c12-9-5-8(16(19)20)2-3-10(9)15-6-7(13-14-15)1-4-11(17)18/h2-3,5-6H,1,4H2,(H,17,18). The van der Waals surface area contributed by atoms with Gasteiger partial charge in [-0.05, 0) is 6.07 Å². The van der Waals surface area contributed by atoms with Crippen LogP contribution in [0.4, 0.5) is 10.1 Å². The molecule has 9 heteroatoms. The summed E-state index contributed by atoms with van der Waals surface area (Å²) in [6, 6.07) is 3.15. The lowest BCUT2D eigenvalue weighted by Crippen LogP contribution is -2.00. The SMILES string of the molecule is O=C(O)CCc1cn(-c2ccc([N+](=O)[O-])cc2F)nn1. The topological polar surface area (TPSA) is 111 Å². The summed E-state index contributed by atoms with van der Waals surface area (Å²) < 4.78 is 14.8. The largest absolute Gasteiger partial charge is 0.481 e. The van der Waals surface area contributed by atoms with E-state index in [0.29, 0.717) is 5.69 Å². The summed E-state index contributed by atoms with van der Waals surface area (Å²) >= 11 is 0. The number of benzene rings is 1. The van der Waals surface area contributed by atoms with Crippen molar-refractivity contribution in [1.29, 1.82) is 0 Å². The summed E-state index contributed by atoms with van der Waals surface area (Å²) in [6.07, 6.45) is 1.44. The molecule has 0 saturated carbocycles. The van der Waals surface area contributed by atoms with Crippen molar-refractivity contribution >= 4 is 11.7 Å². The third-order valence-corrected chi connectivity index (χ3v) is 2.52. The van der Waals surface area contributed by atoms with E-state index in [1.807, 2.05) is 0 Å². The first kappa shape index (κ1) is 13.6. The Morgan fingerprint density at radius 2 is 2.25 bits per heavy atom. The molecule has 0 aliphatic carbocycles. The third kappa shape index (κ3) is 2.94. The van der Waals surface area contributed by atoms with Gasteiger partial charge in [0, 0.05) is 12.5 Å². The van der Waals surface area contributed by atoms with Crippen LogP contribution in [0.1, 0.15) is 12.1 Å². The zero-order valence-corrected chi connectivity index (χ0v) is 10.1. The molecule has 1 aromatic heterocycles. The average molecular weight is 280 g/mol. The summed E-state index contributed by atoms with van der Waals surface area (Å²) in [5.74, 6) is -1.78. The van der Waals surface area contributed by atoms with E-state index in [1.54, 1.807) is 0 Å². The Morgan fingerprint density at radius 3 is 2.85 bits per heavy atom. The number of carboxylic acid groups (broad SMARTS) is 1. The number of nitro benzene ring substituents is 1. The second-order valence-electron chi connectivity index (χ2n) is 3.94. The number of aromatic nitrogens is 3. The summed E-state index contributed by atoms with van der Waals surface area (Å²) in [7, 11) is 0. The van der Waals surface area contributed by atoms with E-state index >= 15 is 0 Å². The van der Waals surface area contributed by atoms with Gasteiger partial charge in [0.25, 0.3) is 5.69 Å². The third-order valence-electron chi connectivity index (χ3n) is 2.52. The summed E-state index contributed by atoms with van der Waals surface area (Å²) in [4.78, 5) is 20.2. The van der Waals surface area contributed by atoms with Gasteiger partial charge < -0.3 is 5.11 Å². The molecule has 0 bridgehead atoms. The van der Waals surface area contributed by atoms with Crippen LogP contribution in [-0.2, 0) is 11.2 Å². The molecule has 0 saturated heterocycles. The van der Waals surface area contributed by atoms with Gasteiger partial charge in [-0.15, -0.1) is 5.10 Å². The van der Waals surface area contributed by atoms with Crippen molar-refractivity contribution in [3.05, 3.63) is 46.0 Å². The van der Waals surface area contributed by atoms with Crippen molar-refractivity contribution in [1.82, 2.24) is 15.0 Å². The van der Waals surface area contributed by atoms with Gasteiger partial charge in [0.15, 0.2) is 5.82 Å². The molecule has 0 radical (unpaired) electrons. The summed E-state index contributed by atoms with van der Waals surface area (Å²) in [5, 5.41) is 26.4. The molecular weight excluding hydrogens is 271 g/mol. The van der Waals surface area contributed by atoms with E-state index < -0.39 is 16.7 Å². The first-order chi connectivity index (χ1) is 9.47. The molecule has 1 heterocycles. The lowest BCUT2D eigenvalue weighted by atomic mass is 10.2. The highest BCUT2D eigenvalue weighted by molar-refractivity contribution is 5.66. The number of aliphatic carboxylic acids is 1. The number of hydrogen-bond acceptors (Lipinski definition) is 5. The van der Waals surface area contributed by atoms with Crippen LogP contribution in [0.3, 0.4) is 0 Å². The van der Waals surface area contributed by atoms with Crippen molar-refractivity contribution < 1.29 is 19.2 Å². The number of halogens is 1. The molecule has 20 heavy (non-hydrogen) atoms. The quantitative estimate of drug-likeness (QED) is 0.653. The van der Waals surface area contributed by atoms with Gasteiger partial charge in [0.2, 0.25) is 0 Å². The van der Waals surface area contributed by atoms with Crippen molar-refractivity contribution in [3.63, 3.8) is 0 Å². The Balaban J connectivity index is 2.23. The highest BCUT2D eigenvalue weighted by Gasteiger charge is 2.13. The monoisotopic (exact) mass is 280 g/mol. The van der Waals surface area contributed by atoms with Crippen molar-refractivity contribution in [2.45, 2.75) is 12.8 Å². The van der Waals surface area contributed by atoms with Gasteiger partial charge in [-0.3, -0.25) is 14.9 Å². The minimum Gasteiger partial charge on any atom is -0.481 e. The van der Waals surface area contributed by atoms with Gasteiger partial charge in [-0.2, -0.15) is 0 Å². The lowest BCUT2D eigenvalue weighted by Gasteiger charge is -2.01. The van der Waals surface area contributed by atoms with Gasteiger partial charge >= 0.3 is 5.97 Å². The van der Waals surface area contributed by atoms with Crippen LogP contribution in [0.15, 0.2) is 24.4 Å². The second kappa shape index (κ2) is 5.43. The number of non-ortho nitro benzene ring substituents is 1. The van der Waals surface area contributed by atoms with Gasteiger partial charge in [0.05, 0.1) is 29.3 Å². The zero-order valence-electron chi connectivity index (χ0n) is 10.1. The predicted octanol–water partition coefficient (Wildman–Crippen LogP) is 1.33. The van der Waals surface area contributed by atoms with Crippen LogP contribution >= 0.6 is 0 Å².